The molecule has 1 unspecified atom stereocenters. The second-order valence-electron chi connectivity index (χ2n) is 6.77. The average Bonchev–Trinajstić information content (AvgIpc) is 3.18. The third-order valence-corrected chi connectivity index (χ3v) is 5.23. The first-order valence-electron chi connectivity index (χ1n) is 8.71. The molecule has 0 radical (unpaired) electrons. The number of hydrogen-bond donors (Lipinski definition) is 4. The van der Waals surface area contributed by atoms with Crippen LogP contribution in [0.5, 0.6) is 17.2 Å². The monoisotopic (exact) mass is 369 g/mol. The van der Waals surface area contributed by atoms with Crippen LogP contribution in [-0.4, -0.2) is 40.5 Å². The van der Waals surface area contributed by atoms with E-state index in [0.717, 1.165) is 19.4 Å². The highest BCUT2D eigenvalue weighted by atomic mass is 16.5. The fraction of sp³-hybridized carbons (Fsp3) is 0.300. The van der Waals surface area contributed by atoms with Crippen molar-refractivity contribution in [2.75, 3.05) is 13.7 Å². The molecule has 0 spiro atoms. The number of fused-ring (bicyclic) bond motifs is 2. The number of ketones is 2. The van der Waals surface area contributed by atoms with Gasteiger partial charge in [-0.1, -0.05) is 0 Å². The fourth-order valence-electron chi connectivity index (χ4n) is 3.97. The third-order valence-electron chi connectivity index (χ3n) is 5.23. The molecule has 27 heavy (non-hydrogen) atoms. The van der Waals surface area contributed by atoms with Gasteiger partial charge >= 0.3 is 0 Å². The highest BCUT2D eigenvalue weighted by molar-refractivity contribution is 6.30. The number of nitrogens with one attached hydrogen (secondary N) is 1. The Morgan fingerprint density at radius 3 is 2.48 bits per heavy atom. The molecule has 1 aliphatic carbocycles. The van der Waals surface area contributed by atoms with Crippen molar-refractivity contribution in [2.24, 2.45) is 0 Å². The Kier molecular flexibility index (Phi) is 4.13. The van der Waals surface area contributed by atoms with E-state index in [9.17, 15) is 24.9 Å². The molecule has 140 valence electrons. The van der Waals surface area contributed by atoms with Gasteiger partial charge in [0.2, 0.25) is 5.78 Å². The van der Waals surface area contributed by atoms with E-state index in [1.165, 1.54) is 25.3 Å². The largest absolute Gasteiger partial charge is 0.507 e. The molecule has 0 amide bonds. The van der Waals surface area contributed by atoms with Crippen LogP contribution in [0, 0.1) is 0 Å². The van der Waals surface area contributed by atoms with Gasteiger partial charge in [0, 0.05) is 17.2 Å². The van der Waals surface area contributed by atoms with E-state index in [2.05, 4.69) is 5.32 Å². The number of carbonyl (C=O) groups excluding carboxylic acids is 2. The molecular formula is C20H19NO6. The van der Waals surface area contributed by atoms with Crippen LogP contribution in [0.15, 0.2) is 18.2 Å². The summed E-state index contributed by atoms with van der Waals surface area (Å²) in [4.78, 5) is 26.1. The predicted molar refractivity (Wildman–Crippen MR) is 95.5 cm³/mol. The molecule has 0 aromatic heterocycles. The van der Waals surface area contributed by atoms with Crippen molar-refractivity contribution in [2.45, 2.75) is 25.5 Å². The Balaban J connectivity index is 1.97. The maximum Gasteiger partial charge on any atom is 0.201 e. The predicted octanol–water partition coefficient (Wildman–Crippen LogP) is 1.80. The minimum absolute atomic E-state index is 0.00439. The second-order valence-corrected chi connectivity index (χ2v) is 6.77. The molecule has 2 aliphatic rings. The van der Waals surface area contributed by atoms with Gasteiger partial charge in [-0.15, -0.1) is 0 Å². The van der Waals surface area contributed by atoms with Gasteiger partial charge in [-0.3, -0.25) is 9.59 Å². The smallest absolute Gasteiger partial charge is 0.201 e. The number of hydrogen-bond acceptors (Lipinski definition) is 7. The molecule has 1 atom stereocenters. The maximum absolute atomic E-state index is 13.1. The lowest BCUT2D eigenvalue weighted by Gasteiger charge is -2.24. The molecule has 1 aliphatic heterocycles. The first kappa shape index (κ1) is 17.5. The van der Waals surface area contributed by atoms with Gasteiger partial charge in [0.05, 0.1) is 30.4 Å². The fourth-order valence-corrected chi connectivity index (χ4v) is 3.97. The number of aliphatic hydroxyl groups excluding tert-OH is 1. The molecule has 2 aromatic carbocycles. The number of methoxy groups -OCH3 is 1. The van der Waals surface area contributed by atoms with Crippen LogP contribution in [0.2, 0.25) is 0 Å². The number of aromatic hydroxyl groups is 2. The average molecular weight is 369 g/mol. The molecule has 1 saturated heterocycles. The number of aliphatic hydroxyl groups is 1. The molecule has 1 heterocycles. The van der Waals surface area contributed by atoms with Crippen LogP contribution < -0.4 is 10.1 Å². The molecule has 7 nitrogen and oxygen atoms in total. The summed E-state index contributed by atoms with van der Waals surface area (Å²) >= 11 is 0. The van der Waals surface area contributed by atoms with Crippen molar-refractivity contribution in [3.63, 3.8) is 0 Å². The zero-order valence-electron chi connectivity index (χ0n) is 14.7. The van der Waals surface area contributed by atoms with Crippen LogP contribution >= 0.6 is 0 Å². The minimum atomic E-state index is -0.624. The van der Waals surface area contributed by atoms with E-state index in [1.807, 2.05) is 0 Å². The molecular weight excluding hydrogens is 350 g/mol. The van der Waals surface area contributed by atoms with Crippen molar-refractivity contribution in [3.05, 3.63) is 51.6 Å². The number of carbonyl (C=O) groups is 2. The summed E-state index contributed by atoms with van der Waals surface area (Å²) in [5.74, 6) is -1.49. The number of rotatable bonds is 3. The second kappa shape index (κ2) is 6.37. The molecule has 2 aromatic rings. The lowest BCUT2D eigenvalue weighted by atomic mass is 9.80. The van der Waals surface area contributed by atoms with E-state index in [1.54, 1.807) is 0 Å². The molecule has 4 N–H and O–H groups in total. The lowest BCUT2D eigenvalue weighted by molar-refractivity contribution is 0.0973. The first-order chi connectivity index (χ1) is 13.0. The van der Waals surface area contributed by atoms with E-state index < -0.39 is 17.3 Å². The van der Waals surface area contributed by atoms with E-state index in [0.29, 0.717) is 16.9 Å². The summed E-state index contributed by atoms with van der Waals surface area (Å²) < 4.78 is 5.39. The molecule has 1 fully saturated rings. The highest BCUT2D eigenvalue weighted by Gasteiger charge is 2.38. The van der Waals surface area contributed by atoms with E-state index >= 15 is 0 Å². The van der Waals surface area contributed by atoms with Gasteiger partial charge in [0.25, 0.3) is 0 Å². The first-order valence-corrected chi connectivity index (χ1v) is 8.71. The van der Waals surface area contributed by atoms with Crippen molar-refractivity contribution in [3.8, 4) is 17.2 Å². The molecule has 0 bridgehead atoms. The lowest BCUT2D eigenvalue weighted by Crippen LogP contribution is -2.23. The minimum Gasteiger partial charge on any atom is -0.507 e. The molecule has 4 rings (SSSR count). The Morgan fingerprint density at radius 1 is 1.11 bits per heavy atom. The zero-order chi connectivity index (χ0) is 19.3. The normalized spacial score (nSPS) is 18.4. The Bertz CT molecular complexity index is 975. The van der Waals surface area contributed by atoms with Crippen LogP contribution in [0.4, 0.5) is 0 Å². The zero-order valence-corrected chi connectivity index (χ0v) is 14.7. The van der Waals surface area contributed by atoms with Crippen molar-refractivity contribution >= 4 is 11.6 Å². The summed E-state index contributed by atoms with van der Waals surface area (Å²) in [6.07, 6.45) is 1.69. The molecule has 0 saturated carbocycles. The van der Waals surface area contributed by atoms with Crippen LogP contribution in [0.25, 0.3) is 0 Å². The molecule has 7 heteroatoms. The number of ether oxygens (including phenoxy) is 1. The van der Waals surface area contributed by atoms with Gasteiger partial charge in [0.15, 0.2) is 5.78 Å². The number of phenols is 2. The Morgan fingerprint density at radius 2 is 1.85 bits per heavy atom. The summed E-state index contributed by atoms with van der Waals surface area (Å²) in [5.41, 5.74) is 0.519. The van der Waals surface area contributed by atoms with Crippen molar-refractivity contribution in [1.82, 2.24) is 5.32 Å². The van der Waals surface area contributed by atoms with Gasteiger partial charge < -0.3 is 25.4 Å². The van der Waals surface area contributed by atoms with Crippen LogP contribution in [-0.2, 0) is 6.61 Å². The van der Waals surface area contributed by atoms with Gasteiger partial charge in [0.1, 0.15) is 17.2 Å². The number of benzene rings is 2. The van der Waals surface area contributed by atoms with Gasteiger partial charge in [-0.2, -0.15) is 0 Å². The van der Waals surface area contributed by atoms with Crippen molar-refractivity contribution < 1.29 is 29.6 Å². The van der Waals surface area contributed by atoms with Crippen LogP contribution in [0.1, 0.15) is 61.9 Å². The quantitative estimate of drug-likeness (QED) is 0.556. The summed E-state index contributed by atoms with van der Waals surface area (Å²) in [6.45, 7) is 0.404. The summed E-state index contributed by atoms with van der Waals surface area (Å²) in [5, 5.41) is 33.7. The summed E-state index contributed by atoms with van der Waals surface area (Å²) in [6, 6.07) is 3.92. The Labute approximate surface area is 155 Å². The Hall–Kier alpha value is -2.90. The SMILES string of the molecule is COc1cc2c(c(O)c1C1CCCN1)C(=O)c1c(O)cc(CO)cc1C2=O. The van der Waals surface area contributed by atoms with Gasteiger partial charge in [-0.05, 0) is 43.1 Å². The van der Waals surface area contributed by atoms with E-state index in [4.69, 9.17) is 4.74 Å². The topological polar surface area (TPSA) is 116 Å². The van der Waals surface area contributed by atoms with E-state index in [-0.39, 0.29) is 40.7 Å². The van der Waals surface area contributed by atoms with Gasteiger partial charge in [-0.25, -0.2) is 0 Å². The van der Waals surface area contributed by atoms with Crippen LogP contribution in [0.3, 0.4) is 0 Å². The van der Waals surface area contributed by atoms with Crippen molar-refractivity contribution in [1.29, 1.82) is 0 Å². The standard InChI is InChI=1S/C20H19NO6/c1-27-14-7-11-16(20(26)17(14)12-3-2-4-21-12)19(25)15-10(18(11)24)5-9(8-22)6-13(15)23/h5-7,12,21-23,26H,2-4,8H2,1H3. The maximum atomic E-state index is 13.1. The third kappa shape index (κ3) is 2.50. The number of phenolic OH excluding ortho intramolecular Hbond substituents is 2. The highest BCUT2D eigenvalue weighted by Crippen LogP contribution is 2.45. The summed E-state index contributed by atoms with van der Waals surface area (Å²) in [7, 11) is 1.44.